The molecule has 0 saturated heterocycles. The van der Waals surface area contributed by atoms with Crippen LogP contribution in [0.4, 0.5) is 0 Å². The topological polar surface area (TPSA) is 29.9 Å². The fourth-order valence-corrected chi connectivity index (χ4v) is 3.60. The van der Waals surface area contributed by atoms with Crippen LogP contribution >= 0.6 is 0 Å². The van der Waals surface area contributed by atoms with Gasteiger partial charge in [0.1, 0.15) is 0 Å². The monoisotopic (exact) mass is 277 g/mol. The van der Waals surface area contributed by atoms with E-state index in [1.807, 2.05) is 17.9 Å². The largest absolute Gasteiger partial charge is 0.316 e. The van der Waals surface area contributed by atoms with Gasteiger partial charge in [-0.1, -0.05) is 20.3 Å². The van der Waals surface area contributed by atoms with Gasteiger partial charge in [-0.3, -0.25) is 4.68 Å². The molecule has 0 radical (unpaired) electrons. The molecule has 1 aliphatic carbocycles. The highest BCUT2D eigenvalue weighted by Crippen LogP contribution is 2.36. The predicted molar refractivity (Wildman–Crippen MR) is 84.7 cm³/mol. The highest BCUT2D eigenvalue weighted by molar-refractivity contribution is 5.04. The van der Waals surface area contributed by atoms with Crippen molar-refractivity contribution in [2.75, 3.05) is 13.1 Å². The van der Waals surface area contributed by atoms with Crippen LogP contribution in [-0.2, 0) is 13.5 Å². The zero-order valence-electron chi connectivity index (χ0n) is 13.4. The van der Waals surface area contributed by atoms with E-state index in [0.29, 0.717) is 0 Å². The van der Waals surface area contributed by atoms with Gasteiger partial charge in [-0.2, -0.15) is 5.10 Å². The van der Waals surface area contributed by atoms with Crippen molar-refractivity contribution in [2.45, 2.75) is 52.4 Å². The van der Waals surface area contributed by atoms with Crippen LogP contribution < -0.4 is 5.32 Å². The summed E-state index contributed by atoms with van der Waals surface area (Å²) in [5.41, 5.74) is 1.39. The zero-order valence-corrected chi connectivity index (χ0v) is 13.4. The van der Waals surface area contributed by atoms with E-state index in [2.05, 4.69) is 30.5 Å². The maximum absolute atomic E-state index is 4.28. The quantitative estimate of drug-likeness (QED) is 0.774. The van der Waals surface area contributed by atoms with Crippen LogP contribution in [0.2, 0.25) is 0 Å². The Morgan fingerprint density at radius 2 is 2.20 bits per heavy atom. The molecule has 3 heteroatoms. The summed E-state index contributed by atoms with van der Waals surface area (Å²) in [4.78, 5) is 0. The molecule has 1 heterocycles. The Labute approximate surface area is 124 Å². The molecular formula is C17H31N3. The number of hydrogen-bond donors (Lipinski definition) is 1. The Balaban J connectivity index is 1.83. The number of nitrogens with zero attached hydrogens (tertiary/aromatic N) is 2. The molecule has 3 nitrogen and oxygen atoms in total. The van der Waals surface area contributed by atoms with Crippen molar-refractivity contribution < 1.29 is 0 Å². The Hall–Kier alpha value is -0.830. The van der Waals surface area contributed by atoms with Crippen molar-refractivity contribution in [3.63, 3.8) is 0 Å². The number of rotatable bonds is 7. The molecule has 1 N–H and O–H groups in total. The van der Waals surface area contributed by atoms with E-state index in [1.165, 1.54) is 57.2 Å². The average molecular weight is 277 g/mol. The second kappa shape index (κ2) is 7.82. The lowest BCUT2D eigenvalue weighted by molar-refractivity contribution is 0.175. The minimum absolute atomic E-state index is 0.884. The smallest absolute Gasteiger partial charge is 0.0521 e. The molecule has 1 fully saturated rings. The summed E-state index contributed by atoms with van der Waals surface area (Å²) in [7, 11) is 2.00. The molecule has 1 saturated carbocycles. The lowest BCUT2D eigenvalue weighted by Gasteiger charge is -2.35. The number of aryl methyl sites for hydroxylation is 2. The van der Waals surface area contributed by atoms with Gasteiger partial charge in [-0.05, 0) is 68.5 Å². The molecule has 20 heavy (non-hydrogen) atoms. The normalized spacial score (nSPS) is 26.9. The van der Waals surface area contributed by atoms with Crippen LogP contribution in [0.25, 0.3) is 0 Å². The van der Waals surface area contributed by atoms with Gasteiger partial charge in [-0.15, -0.1) is 0 Å². The minimum Gasteiger partial charge on any atom is -0.316 e. The van der Waals surface area contributed by atoms with Gasteiger partial charge in [0.05, 0.1) is 6.20 Å². The fourth-order valence-electron chi connectivity index (χ4n) is 3.60. The lowest BCUT2D eigenvalue weighted by Crippen LogP contribution is -2.33. The molecule has 0 spiro atoms. The van der Waals surface area contributed by atoms with E-state index in [-0.39, 0.29) is 0 Å². The molecule has 1 aromatic heterocycles. The van der Waals surface area contributed by atoms with E-state index < -0.39 is 0 Å². The van der Waals surface area contributed by atoms with E-state index in [1.54, 1.807) is 0 Å². The van der Waals surface area contributed by atoms with Gasteiger partial charge in [0.25, 0.3) is 0 Å². The van der Waals surface area contributed by atoms with Gasteiger partial charge in [0.2, 0.25) is 0 Å². The van der Waals surface area contributed by atoms with Crippen molar-refractivity contribution >= 4 is 0 Å². The van der Waals surface area contributed by atoms with Crippen LogP contribution in [0.15, 0.2) is 12.4 Å². The first-order valence-corrected chi connectivity index (χ1v) is 8.37. The van der Waals surface area contributed by atoms with Gasteiger partial charge in [0, 0.05) is 13.2 Å². The molecule has 0 amide bonds. The number of aromatic nitrogens is 2. The lowest BCUT2D eigenvalue weighted by atomic mass is 9.72. The summed E-state index contributed by atoms with van der Waals surface area (Å²) < 4.78 is 1.92. The fraction of sp³-hybridized carbons (Fsp3) is 0.824. The van der Waals surface area contributed by atoms with Crippen LogP contribution in [0.5, 0.6) is 0 Å². The van der Waals surface area contributed by atoms with Gasteiger partial charge < -0.3 is 5.32 Å². The average Bonchev–Trinajstić information content (AvgIpc) is 2.84. The first-order chi connectivity index (χ1) is 9.69. The predicted octanol–water partition coefficient (Wildman–Crippen LogP) is 3.40. The Kier molecular flexibility index (Phi) is 6.08. The summed E-state index contributed by atoms with van der Waals surface area (Å²) in [6.07, 6.45) is 12.2. The highest BCUT2D eigenvalue weighted by Gasteiger charge is 2.27. The second-order valence-electron chi connectivity index (χ2n) is 6.70. The summed E-state index contributed by atoms with van der Waals surface area (Å²) in [5, 5.41) is 7.91. The molecule has 3 atom stereocenters. The van der Waals surface area contributed by atoms with E-state index in [9.17, 15) is 0 Å². The summed E-state index contributed by atoms with van der Waals surface area (Å²) in [6.45, 7) is 7.06. The number of nitrogens with one attached hydrogen (secondary N) is 1. The Morgan fingerprint density at radius 1 is 1.35 bits per heavy atom. The SMILES string of the molecule is CCCNCC1CCC(C)CC1CCc1cnn(C)c1. The van der Waals surface area contributed by atoms with Crippen LogP contribution in [0.1, 0.15) is 51.5 Å². The van der Waals surface area contributed by atoms with Crippen molar-refractivity contribution in [1.29, 1.82) is 0 Å². The third-order valence-corrected chi connectivity index (χ3v) is 4.80. The molecule has 0 bridgehead atoms. The highest BCUT2D eigenvalue weighted by atomic mass is 15.2. The molecule has 3 unspecified atom stereocenters. The summed E-state index contributed by atoms with van der Waals surface area (Å²) in [6, 6.07) is 0. The Bertz CT molecular complexity index is 385. The standard InChI is InChI=1S/C17H31N3/c1-4-9-18-12-17-7-5-14(2)10-16(17)8-6-15-11-19-20(3)13-15/h11,13-14,16-18H,4-10,12H2,1-3H3. The number of hydrogen-bond acceptors (Lipinski definition) is 2. The molecule has 1 aliphatic rings. The van der Waals surface area contributed by atoms with Crippen LogP contribution in [-0.4, -0.2) is 22.9 Å². The molecule has 0 aromatic carbocycles. The first kappa shape index (κ1) is 15.6. The second-order valence-corrected chi connectivity index (χ2v) is 6.70. The first-order valence-electron chi connectivity index (χ1n) is 8.37. The van der Waals surface area contributed by atoms with Crippen molar-refractivity contribution in [2.24, 2.45) is 24.8 Å². The summed E-state index contributed by atoms with van der Waals surface area (Å²) in [5.74, 6) is 2.69. The maximum atomic E-state index is 4.28. The van der Waals surface area contributed by atoms with Crippen molar-refractivity contribution in [3.8, 4) is 0 Å². The van der Waals surface area contributed by atoms with Crippen LogP contribution in [0.3, 0.4) is 0 Å². The van der Waals surface area contributed by atoms with E-state index in [4.69, 9.17) is 0 Å². The molecule has 114 valence electrons. The summed E-state index contributed by atoms with van der Waals surface area (Å²) >= 11 is 0. The molecule has 0 aliphatic heterocycles. The van der Waals surface area contributed by atoms with Crippen molar-refractivity contribution in [1.82, 2.24) is 15.1 Å². The van der Waals surface area contributed by atoms with Gasteiger partial charge >= 0.3 is 0 Å². The third kappa shape index (κ3) is 4.62. The molecular weight excluding hydrogens is 246 g/mol. The van der Waals surface area contributed by atoms with Gasteiger partial charge in [0.15, 0.2) is 0 Å². The Morgan fingerprint density at radius 3 is 2.90 bits per heavy atom. The van der Waals surface area contributed by atoms with E-state index >= 15 is 0 Å². The zero-order chi connectivity index (χ0) is 14.4. The minimum atomic E-state index is 0.884. The van der Waals surface area contributed by atoms with Gasteiger partial charge in [-0.25, -0.2) is 0 Å². The molecule has 1 aromatic rings. The maximum Gasteiger partial charge on any atom is 0.0521 e. The molecule has 2 rings (SSSR count). The third-order valence-electron chi connectivity index (χ3n) is 4.80. The van der Waals surface area contributed by atoms with Crippen molar-refractivity contribution in [3.05, 3.63) is 18.0 Å². The van der Waals surface area contributed by atoms with Crippen LogP contribution in [0, 0.1) is 17.8 Å². The van der Waals surface area contributed by atoms with E-state index in [0.717, 1.165) is 17.8 Å².